The number of hydrogen-bond donors (Lipinski definition) is 0. The van der Waals surface area contributed by atoms with E-state index >= 15 is 0 Å². The van der Waals surface area contributed by atoms with Crippen LogP contribution in [0.3, 0.4) is 0 Å². The average Bonchev–Trinajstić information content (AvgIpc) is 3.23. The third-order valence-electron chi connectivity index (χ3n) is 4.66. The molecule has 1 saturated heterocycles. The van der Waals surface area contributed by atoms with Gasteiger partial charge < -0.3 is 9.80 Å². The van der Waals surface area contributed by atoms with Crippen molar-refractivity contribution in [1.29, 1.82) is 0 Å². The predicted octanol–water partition coefficient (Wildman–Crippen LogP) is 2.97. The Morgan fingerprint density at radius 1 is 1.03 bits per heavy atom. The van der Waals surface area contributed by atoms with E-state index in [1.165, 1.54) is 23.7 Å². The van der Waals surface area contributed by atoms with Crippen LogP contribution in [-0.4, -0.2) is 46.3 Å². The number of benzene rings is 2. The van der Waals surface area contributed by atoms with Gasteiger partial charge >= 0.3 is 0 Å². The number of carbonyl (C=O) groups excluding carboxylic acids is 1. The van der Waals surface area contributed by atoms with Gasteiger partial charge in [0.2, 0.25) is 5.13 Å². The number of amides is 1. The van der Waals surface area contributed by atoms with E-state index in [0.717, 1.165) is 22.1 Å². The molecule has 1 aliphatic heterocycles. The summed E-state index contributed by atoms with van der Waals surface area (Å²) in [5.41, 5.74) is 1.81. The van der Waals surface area contributed by atoms with Crippen LogP contribution in [0.5, 0.6) is 0 Å². The summed E-state index contributed by atoms with van der Waals surface area (Å²) < 4.78 is 17.4. The van der Waals surface area contributed by atoms with Gasteiger partial charge in [0.25, 0.3) is 5.91 Å². The monoisotopic (exact) mass is 406 g/mol. The van der Waals surface area contributed by atoms with Crippen molar-refractivity contribution in [2.45, 2.75) is 6.42 Å². The predicted molar refractivity (Wildman–Crippen MR) is 111 cm³/mol. The largest absolute Gasteiger partial charge is 0.343 e. The highest BCUT2D eigenvalue weighted by Gasteiger charge is 2.22. The lowest BCUT2D eigenvalue weighted by Gasteiger charge is -2.33. The Bertz CT molecular complexity index is 1030. The highest BCUT2D eigenvalue weighted by molar-refractivity contribution is 7.09. The first-order valence-corrected chi connectivity index (χ1v) is 10.1. The normalized spacial score (nSPS) is 13.7. The summed E-state index contributed by atoms with van der Waals surface area (Å²) in [6.07, 6.45) is 0.574. The van der Waals surface area contributed by atoms with Crippen molar-refractivity contribution in [2.75, 3.05) is 31.1 Å². The zero-order valence-corrected chi connectivity index (χ0v) is 16.5. The number of aromatic nitrogens is 2. The second-order valence-corrected chi connectivity index (χ2v) is 7.42. The topological polar surface area (TPSA) is 49.3 Å². The Morgan fingerprint density at radius 2 is 1.76 bits per heavy atom. The molecule has 0 bridgehead atoms. The number of carbonyl (C=O) groups is 1. The lowest BCUT2D eigenvalue weighted by Crippen LogP contribution is -2.48. The maximum absolute atomic E-state index is 13.0. The van der Waals surface area contributed by atoms with Gasteiger partial charge in [-0.15, -0.1) is 0 Å². The number of anilines is 1. The van der Waals surface area contributed by atoms with Crippen LogP contribution in [0.15, 0.2) is 54.6 Å². The van der Waals surface area contributed by atoms with Crippen molar-refractivity contribution in [2.24, 2.45) is 0 Å². The Kier molecular flexibility index (Phi) is 5.82. The number of hydrogen-bond acceptors (Lipinski definition) is 5. The quantitative estimate of drug-likeness (QED) is 0.628. The summed E-state index contributed by atoms with van der Waals surface area (Å²) >= 11 is 1.35. The first-order valence-electron chi connectivity index (χ1n) is 9.35. The summed E-state index contributed by atoms with van der Waals surface area (Å²) in [7, 11) is 0. The van der Waals surface area contributed by atoms with Gasteiger partial charge in [-0.1, -0.05) is 36.3 Å². The summed E-state index contributed by atoms with van der Waals surface area (Å²) in [4.78, 5) is 20.8. The Balaban J connectivity index is 1.32. The van der Waals surface area contributed by atoms with Crippen LogP contribution in [0.1, 0.15) is 17.0 Å². The molecule has 0 aliphatic carbocycles. The van der Waals surface area contributed by atoms with Crippen molar-refractivity contribution in [3.63, 3.8) is 0 Å². The number of piperazine rings is 1. The molecule has 0 N–H and O–H groups in total. The summed E-state index contributed by atoms with van der Waals surface area (Å²) in [5.74, 6) is 5.97. The lowest BCUT2D eigenvalue weighted by atomic mass is 10.1. The molecule has 0 radical (unpaired) electrons. The van der Waals surface area contributed by atoms with Gasteiger partial charge in [0, 0.05) is 55.6 Å². The molecule has 0 spiro atoms. The Labute approximate surface area is 173 Å². The number of nitrogens with zero attached hydrogens (tertiary/aromatic N) is 4. The van der Waals surface area contributed by atoms with Gasteiger partial charge in [0.05, 0.1) is 0 Å². The Morgan fingerprint density at radius 3 is 2.48 bits per heavy atom. The average molecular weight is 406 g/mol. The minimum absolute atomic E-state index is 0.150. The zero-order chi connectivity index (χ0) is 20.1. The minimum atomic E-state index is -0.249. The molecule has 1 amide bonds. The van der Waals surface area contributed by atoms with Gasteiger partial charge in [0.1, 0.15) is 11.6 Å². The van der Waals surface area contributed by atoms with Crippen LogP contribution in [0.2, 0.25) is 0 Å². The van der Waals surface area contributed by atoms with E-state index < -0.39 is 0 Å². The highest BCUT2D eigenvalue weighted by atomic mass is 32.1. The third kappa shape index (κ3) is 4.98. The molecule has 7 heteroatoms. The van der Waals surface area contributed by atoms with Gasteiger partial charge in [-0.05, 0) is 29.8 Å². The SMILES string of the molecule is O=C(C#Cc1ccccc1)N1CCN(c2nc(Cc3ccc(F)cc3)ns2)CC1. The molecule has 3 aromatic rings. The van der Waals surface area contributed by atoms with Crippen molar-refractivity contribution in [1.82, 2.24) is 14.3 Å². The number of rotatable bonds is 3. The van der Waals surface area contributed by atoms with Crippen LogP contribution in [0, 0.1) is 17.7 Å². The molecule has 146 valence electrons. The summed E-state index contributed by atoms with van der Waals surface area (Å²) in [5, 5.41) is 0.851. The van der Waals surface area contributed by atoms with Crippen LogP contribution in [0.4, 0.5) is 9.52 Å². The van der Waals surface area contributed by atoms with E-state index in [2.05, 4.69) is 26.1 Å². The van der Waals surface area contributed by atoms with Gasteiger partial charge in [0.15, 0.2) is 0 Å². The standard InChI is InChI=1S/C22H19FN4OS/c23-19-9-6-18(7-10-19)16-20-24-22(29-25-20)27-14-12-26(13-15-27)21(28)11-8-17-4-2-1-3-5-17/h1-7,9-10H,12-16H2. The van der Waals surface area contributed by atoms with Gasteiger partial charge in [-0.25, -0.2) is 9.37 Å². The van der Waals surface area contributed by atoms with Gasteiger partial charge in [-0.3, -0.25) is 4.79 Å². The highest BCUT2D eigenvalue weighted by Crippen LogP contribution is 2.20. The number of halogens is 1. The van der Waals surface area contributed by atoms with E-state index in [-0.39, 0.29) is 11.7 Å². The van der Waals surface area contributed by atoms with E-state index in [0.29, 0.717) is 32.6 Å². The second-order valence-electron chi connectivity index (χ2n) is 6.69. The van der Waals surface area contributed by atoms with E-state index in [1.807, 2.05) is 30.3 Å². The molecule has 2 aromatic carbocycles. The molecular formula is C22H19FN4OS. The first-order chi connectivity index (χ1) is 14.2. The molecule has 1 fully saturated rings. The zero-order valence-electron chi connectivity index (χ0n) is 15.7. The molecule has 0 unspecified atom stereocenters. The second kappa shape index (κ2) is 8.84. The molecule has 4 rings (SSSR count). The van der Waals surface area contributed by atoms with Crippen molar-refractivity contribution < 1.29 is 9.18 Å². The van der Waals surface area contributed by atoms with Crippen molar-refractivity contribution in [3.05, 3.63) is 77.4 Å². The lowest BCUT2D eigenvalue weighted by molar-refractivity contribution is -0.125. The molecule has 0 saturated carbocycles. The van der Waals surface area contributed by atoms with Gasteiger partial charge in [-0.2, -0.15) is 4.37 Å². The minimum Gasteiger partial charge on any atom is -0.343 e. The van der Waals surface area contributed by atoms with E-state index in [1.54, 1.807) is 17.0 Å². The molecule has 1 aliphatic rings. The van der Waals surface area contributed by atoms with Crippen LogP contribution < -0.4 is 4.90 Å². The van der Waals surface area contributed by atoms with Crippen LogP contribution in [-0.2, 0) is 11.2 Å². The maximum atomic E-state index is 13.0. The van der Waals surface area contributed by atoms with E-state index in [9.17, 15) is 9.18 Å². The smallest absolute Gasteiger partial charge is 0.298 e. The fourth-order valence-corrected chi connectivity index (χ4v) is 3.79. The van der Waals surface area contributed by atoms with Crippen molar-refractivity contribution in [3.8, 4) is 11.8 Å². The van der Waals surface area contributed by atoms with Crippen LogP contribution in [0.25, 0.3) is 0 Å². The molecule has 5 nitrogen and oxygen atoms in total. The summed E-state index contributed by atoms with van der Waals surface area (Å²) in [6.45, 7) is 2.61. The fourth-order valence-electron chi connectivity index (χ4n) is 3.06. The Hall–Kier alpha value is -3.24. The summed E-state index contributed by atoms with van der Waals surface area (Å²) in [6, 6.07) is 15.9. The maximum Gasteiger partial charge on any atom is 0.298 e. The molecular weight excluding hydrogens is 387 g/mol. The molecule has 29 heavy (non-hydrogen) atoms. The molecule has 0 atom stereocenters. The van der Waals surface area contributed by atoms with Crippen molar-refractivity contribution >= 4 is 22.6 Å². The van der Waals surface area contributed by atoms with Crippen LogP contribution >= 0.6 is 11.5 Å². The fraction of sp³-hybridized carbons (Fsp3) is 0.227. The van der Waals surface area contributed by atoms with E-state index in [4.69, 9.17) is 0 Å². The molecule has 1 aromatic heterocycles. The molecule has 2 heterocycles. The third-order valence-corrected chi connectivity index (χ3v) is 5.47. The first kappa shape index (κ1) is 19.1.